The Morgan fingerprint density at radius 1 is 1.27 bits per heavy atom. The van der Waals surface area contributed by atoms with Gasteiger partial charge in [-0.1, -0.05) is 52.9 Å². The highest BCUT2D eigenvalue weighted by atomic mass is 127. The monoisotopic (exact) mass is 314 g/mol. The van der Waals surface area contributed by atoms with Crippen LogP contribution in [0.5, 0.6) is 0 Å². The molecule has 78 valence electrons. The third-order valence-electron chi connectivity index (χ3n) is 2.21. The van der Waals surface area contributed by atoms with E-state index in [-0.39, 0.29) is 6.61 Å². The van der Waals surface area contributed by atoms with Gasteiger partial charge in [-0.05, 0) is 6.07 Å². The molecule has 0 aliphatic rings. The lowest BCUT2D eigenvalue weighted by molar-refractivity contribution is 0.270. The topological polar surface area (TPSA) is 38.1 Å². The number of aromatic nitrogens is 2. The van der Waals surface area contributed by atoms with Crippen LogP contribution < -0.4 is 0 Å². The van der Waals surface area contributed by atoms with Crippen LogP contribution in [0.4, 0.5) is 0 Å². The fraction of sp³-hybridized carbons (Fsp3) is 0.182. The lowest BCUT2D eigenvalue weighted by Crippen LogP contribution is -2.00. The Hall–Kier alpha value is -0.880. The maximum absolute atomic E-state index is 9.15. The molecule has 0 fully saturated rings. The van der Waals surface area contributed by atoms with Crippen molar-refractivity contribution < 1.29 is 5.11 Å². The summed E-state index contributed by atoms with van der Waals surface area (Å²) < 4.78 is 2.56. The van der Waals surface area contributed by atoms with E-state index in [2.05, 4.69) is 27.7 Å². The Bertz CT molecular complexity index is 418. The highest BCUT2D eigenvalue weighted by Crippen LogP contribution is 2.19. The average Bonchev–Trinajstić information content (AvgIpc) is 2.73. The summed E-state index contributed by atoms with van der Waals surface area (Å²) in [5.74, 6) is 0. The molecule has 2 aromatic rings. The second-order valence-corrected chi connectivity index (χ2v) is 3.85. The first-order valence-corrected chi connectivity index (χ1v) is 6.16. The second-order valence-electron chi connectivity index (χ2n) is 3.16. The van der Waals surface area contributed by atoms with E-state index in [0.29, 0.717) is 0 Å². The molecule has 0 aliphatic heterocycles. The van der Waals surface area contributed by atoms with E-state index in [0.717, 1.165) is 21.5 Å². The first-order valence-electron chi connectivity index (χ1n) is 4.64. The summed E-state index contributed by atoms with van der Waals surface area (Å²) in [6.45, 7) is 0.0306. The maximum Gasteiger partial charge on any atom is 0.0928 e. The number of aliphatic hydroxyl groups is 1. The molecule has 0 aliphatic carbocycles. The van der Waals surface area contributed by atoms with Crippen LogP contribution in [0, 0.1) is 0 Å². The molecule has 1 aromatic carbocycles. The number of halogens is 1. The summed E-state index contributed by atoms with van der Waals surface area (Å²) >= 11 is 2.22. The summed E-state index contributed by atoms with van der Waals surface area (Å²) in [5.41, 5.74) is 2.84. The van der Waals surface area contributed by atoms with Crippen molar-refractivity contribution in [1.29, 1.82) is 0 Å². The fourth-order valence-electron chi connectivity index (χ4n) is 1.44. The van der Waals surface area contributed by atoms with E-state index in [4.69, 9.17) is 5.11 Å². The molecule has 4 heteroatoms. The van der Waals surface area contributed by atoms with Crippen LogP contribution in [0.3, 0.4) is 0 Å². The average molecular weight is 314 g/mol. The van der Waals surface area contributed by atoms with Crippen molar-refractivity contribution in [3.63, 3.8) is 0 Å². The third-order valence-corrected chi connectivity index (χ3v) is 2.85. The van der Waals surface area contributed by atoms with Gasteiger partial charge in [0.25, 0.3) is 0 Å². The molecular weight excluding hydrogens is 303 g/mol. The van der Waals surface area contributed by atoms with E-state index >= 15 is 0 Å². The largest absolute Gasteiger partial charge is 0.390 e. The minimum Gasteiger partial charge on any atom is -0.390 e. The molecule has 1 N–H and O–H groups in total. The van der Waals surface area contributed by atoms with Crippen molar-refractivity contribution in [2.75, 3.05) is 0 Å². The zero-order valence-electron chi connectivity index (χ0n) is 8.10. The molecule has 0 spiro atoms. The molecule has 15 heavy (non-hydrogen) atoms. The third kappa shape index (κ3) is 2.21. The lowest BCUT2D eigenvalue weighted by atomic mass is 10.1. The predicted molar refractivity (Wildman–Crippen MR) is 67.6 cm³/mol. The Labute approximate surface area is 102 Å². The first-order chi connectivity index (χ1) is 7.35. The number of aliphatic hydroxyl groups excluding tert-OH is 1. The molecule has 0 unspecified atom stereocenters. The Morgan fingerprint density at radius 3 is 2.53 bits per heavy atom. The summed E-state index contributed by atoms with van der Waals surface area (Å²) in [6.07, 6.45) is 0. The minimum atomic E-state index is 0.0306. The SMILES string of the molecule is OCc1cc(-c2ccccc2)nn1CI. The molecule has 3 nitrogen and oxygen atoms in total. The van der Waals surface area contributed by atoms with E-state index in [9.17, 15) is 0 Å². The van der Waals surface area contributed by atoms with Crippen molar-refractivity contribution >= 4 is 22.6 Å². The van der Waals surface area contributed by atoms with Gasteiger partial charge >= 0.3 is 0 Å². The Balaban J connectivity index is 2.42. The van der Waals surface area contributed by atoms with Gasteiger partial charge in [0.05, 0.1) is 22.5 Å². The molecule has 0 saturated carbocycles. The summed E-state index contributed by atoms with van der Waals surface area (Å²) in [5, 5.41) is 13.6. The minimum absolute atomic E-state index is 0.0306. The molecule has 1 aromatic heterocycles. The van der Waals surface area contributed by atoms with Crippen molar-refractivity contribution in [2.45, 2.75) is 11.2 Å². The smallest absolute Gasteiger partial charge is 0.0928 e. The zero-order valence-corrected chi connectivity index (χ0v) is 10.3. The second kappa shape index (κ2) is 4.76. The summed E-state index contributed by atoms with van der Waals surface area (Å²) in [7, 11) is 0. The summed E-state index contributed by atoms with van der Waals surface area (Å²) in [4.78, 5) is 0. The van der Waals surface area contributed by atoms with Crippen molar-refractivity contribution in [3.8, 4) is 11.3 Å². The highest BCUT2D eigenvalue weighted by molar-refractivity contribution is 14.1. The zero-order chi connectivity index (χ0) is 10.7. The van der Waals surface area contributed by atoms with Gasteiger partial charge in [-0.25, -0.2) is 0 Å². The van der Waals surface area contributed by atoms with Gasteiger partial charge in [-0.3, -0.25) is 4.68 Å². The van der Waals surface area contributed by atoms with E-state index < -0.39 is 0 Å². The van der Waals surface area contributed by atoms with Crippen molar-refractivity contribution in [3.05, 3.63) is 42.1 Å². The summed E-state index contributed by atoms with van der Waals surface area (Å²) in [6, 6.07) is 11.9. The molecule has 0 atom stereocenters. The van der Waals surface area contributed by atoms with Gasteiger partial charge in [0.2, 0.25) is 0 Å². The van der Waals surface area contributed by atoms with Crippen molar-refractivity contribution in [2.24, 2.45) is 0 Å². The standard InChI is InChI=1S/C11H11IN2O/c12-8-14-10(7-15)6-11(13-14)9-4-2-1-3-5-9/h1-6,15H,7-8H2. The molecular formula is C11H11IN2O. The highest BCUT2D eigenvalue weighted by Gasteiger charge is 2.07. The van der Waals surface area contributed by atoms with Crippen LogP contribution >= 0.6 is 22.6 Å². The molecule has 2 rings (SSSR count). The molecule has 1 heterocycles. The van der Waals surface area contributed by atoms with Gasteiger partial charge in [-0.15, -0.1) is 0 Å². The van der Waals surface area contributed by atoms with Crippen LogP contribution in [0.2, 0.25) is 0 Å². The fourth-order valence-corrected chi connectivity index (χ4v) is 2.03. The van der Waals surface area contributed by atoms with Crippen LogP contribution in [-0.4, -0.2) is 14.9 Å². The van der Waals surface area contributed by atoms with Crippen LogP contribution in [-0.2, 0) is 11.2 Å². The van der Waals surface area contributed by atoms with Gasteiger partial charge in [-0.2, -0.15) is 5.10 Å². The van der Waals surface area contributed by atoms with E-state index in [1.807, 2.05) is 41.1 Å². The normalized spacial score (nSPS) is 10.5. The van der Waals surface area contributed by atoms with Gasteiger partial charge in [0, 0.05) is 5.56 Å². The van der Waals surface area contributed by atoms with Gasteiger partial charge in [0.15, 0.2) is 0 Å². The Kier molecular flexibility index (Phi) is 3.37. The van der Waals surface area contributed by atoms with E-state index in [1.165, 1.54) is 0 Å². The molecule has 0 saturated heterocycles. The number of rotatable bonds is 3. The van der Waals surface area contributed by atoms with Crippen LogP contribution in [0.15, 0.2) is 36.4 Å². The molecule has 0 radical (unpaired) electrons. The lowest BCUT2D eigenvalue weighted by Gasteiger charge is -1.97. The number of hydrogen-bond donors (Lipinski definition) is 1. The van der Waals surface area contributed by atoms with Gasteiger partial charge in [0.1, 0.15) is 0 Å². The molecule has 0 bridgehead atoms. The Morgan fingerprint density at radius 2 is 2.00 bits per heavy atom. The number of alkyl halides is 1. The number of benzene rings is 1. The maximum atomic E-state index is 9.15. The number of hydrogen-bond acceptors (Lipinski definition) is 2. The quantitative estimate of drug-likeness (QED) is 0.698. The molecule has 0 amide bonds. The van der Waals surface area contributed by atoms with Crippen LogP contribution in [0.1, 0.15) is 5.69 Å². The predicted octanol–water partition coefficient (Wildman–Crippen LogP) is 2.43. The first kappa shape index (κ1) is 10.6. The van der Waals surface area contributed by atoms with Gasteiger partial charge < -0.3 is 5.11 Å². The number of nitrogens with zero attached hydrogens (tertiary/aromatic N) is 2. The van der Waals surface area contributed by atoms with Crippen LogP contribution in [0.25, 0.3) is 11.3 Å². The van der Waals surface area contributed by atoms with Crippen molar-refractivity contribution in [1.82, 2.24) is 9.78 Å². The van der Waals surface area contributed by atoms with E-state index in [1.54, 1.807) is 0 Å².